The molecule has 1 aliphatic heterocycles. The van der Waals surface area contributed by atoms with Gasteiger partial charge in [-0.1, -0.05) is 24.3 Å². The summed E-state index contributed by atoms with van der Waals surface area (Å²) in [6.45, 7) is 1.40. The summed E-state index contributed by atoms with van der Waals surface area (Å²) in [4.78, 5) is 18.7. The number of aromatic nitrogens is 1. The number of anilines is 1. The van der Waals surface area contributed by atoms with Crippen LogP contribution in [-0.2, 0) is 4.74 Å². The van der Waals surface area contributed by atoms with Crippen molar-refractivity contribution in [2.45, 2.75) is 18.9 Å². The average Bonchev–Trinajstić information content (AvgIpc) is 2.54. The largest absolute Gasteiger partial charge is 0.383 e. The zero-order chi connectivity index (χ0) is 14.8. The number of nitrogens with zero attached hydrogens (tertiary/aromatic N) is 2. The van der Waals surface area contributed by atoms with Crippen LogP contribution in [0.15, 0.2) is 30.3 Å². The molecule has 1 amide bonds. The summed E-state index contributed by atoms with van der Waals surface area (Å²) >= 11 is 0. The van der Waals surface area contributed by atoms with Crippen molar-refractivity contribution in [3.63, 3.8) is 0 Å². The first-order valence-corrected chi connectivity index (χ1v) is 7.16. The third kappa shape index (κ3) is 2.69. The molecule has 1 aliphatic rings. The number of hydrogen-bond donors (Lipinski definition) is 1. The smallest absolute Gasteiger partial charge is 0.272 e. The van der Waals surface area contributed by atoms with Gasteiger partial charge in [0.05, 0.1) is 6.10 Å². The third-order valence-corrected chi connectivity index (χ3v) is 4.05. The Morgan fingerprint density at radius 1 is 1.33 bits per heavy atom. The van der Waals surface area contributed by atoms with Gasteiger partial charge in [-0.2, -0.15) is 0 Å². The maximum Gasteiger partial charge on any atom is 0.272 e. The minimum absolute atomic E-state index is 0.0537. The van der Waals surface area contributed by atoms with Gasteiger partial charge in [-0.05, 0) is 24.3 Å². The molecule has 1 saturated heterocycles. The molecule has 2 heterocycles. The number of pyridine rings is 1. The van der Waals surface area contributed by atoms with E-state index < -0.39 is 0 Å². The van der Waals surface area contributed by atoms with Gasteiger partial charge in [0.1, 0.15) is 11.5 Å². The number of rotatable bonds is 2. The van der Waals surface area contributed by atoms with Crippen LogP contribution in [0.3, 0.4) is 0 Å². The van der Waals surface area contributed by atoms with Gasteiger partial charge >= 0.3 is 0 Å². The highest BCUT2D eigenvalue weighted by molar-refractivity contribution is 5.99. The molecule has 1 fully saturated rings. The molecule has 0 bridgehead atoms. The molecule has 1 aromatic carbocycles. The van der Waals surface area contributed by atoms with Gasteiger partial charge in [-0.3, -0.25) is 4.79 Å². The van der Waals surface area contributed by atoms with Crippen LogP contribution in [0.1, 0.15) is 23.3 Å². The van der Waals surface area contributed by atoms with Gasteiger partial charge < -0.3 is 15.4 Å². The predicted octanol–water partition coefficient (Wildman–Crippen LogP) is 2.07. The van der Waals surface area contributed by atoms with Crippen molar-refractivity contribution in [1.82, 2.24) is 9.88 Å². The quantitative estimate of drug-likeness (QED) is 0.917. The Balaban J connectivity index is 1.85. The highest BCUT2D eigenvalue weighted by atomic mass is 16.5. The van der Waals surface area contributed by atoms with Crippen LogP contribution in [-0.4, -0.2) is 42.1 Å². The van der Waals surface area contributed by atoms with Gasteiger partial charge in [0.15, 0.2) is 0 Å². The molecule has 0 radical (unpaired) electrons. The van der Waals surface area contributed by atoms with Crippen LogP contribution in [0.4, 0.5) is 5.82 Å². The Morgan fingerprint density at radius 2 is 2.05 bits per heavy atom. The number of piperidine rings is 1. The maximum atomic E-state index is 12.6. The molecule has 3 rings (SSSR count). The van der Waals surface area contributed by atoms with Crippen LogP contribution < -0.4 is 5.73 Å². The number of nitrogens with two attached hydrogens (primary N) is 1. The summed E-state index contributed by atoms with van der Waals surface area (Å²) in [5.74, 6) is 0.352. The molecule has 1 aromatic heterocycles. The number of carbonyl (C=O) groups is 1. The second-order valence-corrected chi connectivity index (χ2v) is 5.34. The van der Waals surface area contributed by atoms with Crippen molar-refractivity contribution < 1.29 is 9.53 Å². The summed E-state index contributed by atoms with van der Waals surface area (Å²) in [5.41, 5.74) is 6.38. The minimum Gasteiger partial charge on any atom is -0.383 e. The Hall–Kier alpha value is -2.14. The van der Waals surface area contributed by atoms with E-state index in [-0.39, 0.29) is 12.0 Å². The topological polar surface area (TPSA) is 68.5 Å². The number of nitrogen functional groups attached to an aromatic ring is 1. The first-order chi connectivity index (χ1) is 10.2. The number of amides is 1. The first kappa shape index (κ1) is 13.8. The third-order valence-electron chi connectivity index (χ3n) is 4.05. The SMILES string of the molecule is COC1CCN(C(=O)c2cc3ccccc3c(N)n2)CC1. The van der Waals surface area contributed by atoms with Crippen LogP contribution in [0.2, 0.25) is 0 Å². The highest BCUT2D eigenvalue weighted by Crippen LogP contribution is 2.22. The molecular formula is C16H19N3O2. The molecule has 0 unspecified atom stereocenters. The lowest BCUT2D eigenvalue weighted by molar-refractivity contribution is 0.0348. The monoisotopic (exact) mass is 285 g/mol. The molecule has 0 saturated carbocycles. The van der Waals surface area contributed by atoms with Gasteiger partial charge in [0.25, 0.3) is 5.91 Å². The Labute approximate surface area is 123 Å². The molecular weight excluding hydrogens is 266 g/mol. The van der Waals surface area contributed by atoms with E-state index in [4.69, 9.17) is 10.5 Å². The summed E-state index contributed by atoms with van der Waals surface area (Å²) in [6, 6.07) is 9.52. The van der Waals surface area contributed by atoms with Crippen LogP contribution >= 0.6 is 0 Å². The molecule has 0 aliphatic carbocycles. The maximum absolute atomic E-state index is 12.6. The second kappa shape index (κ2) is 5.69. The molecule has 2 aromatic rings. The number of likely N-dealkylation sites (tertiary alicyclic amines) is 1. The number of carbonyl (C=O) groups excluding carboxylic acids is 1. The van der Waals surface area contributed by atoms with Crippen LogP contribution in [0.25, 0.3) is 10.8 Å². The lowest BCUT2D eigenvalue weighted by Gasteiger charge is -2.31. The van der Waals surface area contributed by atoms with E-state index in [9.17, 15) is 4.79 Å². The fraction of sp³-hybridized carbons (Fsp3) is 0.375. The first-order valence-electron chi connectivity index (χ1n) is 7.16. The van der Waals surface area contributed by atoms with Crippen LogP contribution in [0.5, 0.6) is 0 Å². The fourth-order valence-corrected chi connectivity index (χ4v) is 2.79. The van der Waals surface area contributed by atoms with Crippen molar-refractivity contribution in [2.75, 3.05) is 25.9 Å². The second-order valence-electron chi connectivity index (χ2n) is 5.34. The zero-order valence-corrected chi connectivity index (χ0v) is 12.1. The van der Waals surface area contributed by atoms with Crippen molar-refractivity contribution >= 4 is 22.5 Å². The molecule has 21 heavy (non-hydrogen) atoms. The Kier molecular flexibility index (Phi) is 3.75. The summed E-state index contributed by atoms with van der Waals surface area (Å²) < 4.78 is 5.33. The van der Waals surface area contributed by atoms with E-state index in [1.165, 1.54) is 0 Å². The Bertz CT molecular complexity index is 664. The number of methoxy groups -OCH3 is 1. The van der Waals surface area contributed by atoms with E-state index in [1.807, 2.05) is 35.2 Å². The Morgan fingerprint density at radius 3 is 2.76 bits per heavy atom. The van der Waals surface area contributed by atoms with Crippen molar-refractivity contribution in [2.24, 2.45) is 0 Å². The van der Waals surface area contributed by atoms with E-state index in [0.717, 1.165) is 23.6 Å². The molecule has 0 atom stereocenters. The van der Waals surface area contributed by atoms with E-state index in [2.05, 4.69) is 4.98 Å². The van der Waals surface area contributed by atoms with E-state index in [1.54, 1.807) is 7.11 Å². The molecule has 110 valence electrons. The molecule has 2 N–H and O–H groups in total. The molecule has 5 nitrogen and oxygen atoms in total. The summed E-state index contributed by atoms with van der Waals surface area (Å²) in [5, 5.41) is 1.83. The number of ether oxygens (including phenoxy) is 1. The number of benzene rings is 1. The zero-order valence-electron chi connectivity index (χ0n) is 12.1. The predicted molar refractivity (Wildman–Crippen MR) is 82.1 cm³/mol. The van der Waals surface area contributed by atoms with Gasteiger partial charge in [0.2, 0.25) is 0 Å². The lowest BCUT2D eigenvalue weighted by Crippen LogP contribution is -2.41. The average molecular weight is 285 g/mol. The van der Waals surface area contributed by atoms with Gasteiger partial charge in [0, 0.05) is 25.6 Å². The lowest BCUT2D eigenvalue weighted by atomic mass is 10.1. The number of fused-ring (bicyclic) bond motifs is 1. The van der Waals surface area contributed by atoms with Gasteiger partial charge in [-0.25, -0.2) is 4.98 Å². The van der Waals surface area contributed by atoms with Crippen molar-refractivity contribution in [1.29, 1.82) is 0 Å². The van der Waals surface area contributed by atoms with E-state index in [0.29, 0.717) is 24.6 Å². The minimum atomic E-state index is -0.0537. The molecule has 0 spiro atoms. The standard InChI is InChI=1S/C16H19N3O2/c1-21-12-6-8-19(9-7-12)16(20)14-10-11-4-2-3-5-13(11)15(17)18-14/h2-5,10,12H,6-9H2,1H3,(H2,17,18). The highest BCUT2D eigenvalue weighted by Gasteiger charge is 2.24. The summed E-state index contributed by atoms with van der Waals surface area (Å²) in [7, 11) is 1.72. The van der Waals surface area contributed by atoms with Crippen molar-refractivity contribution in [3.8, 4) is 0 Å². The van der Waals surface area contributed by atoms with Crippen molar-refractivity contribution in [3.05, 3.63) is 36.0 Å². The normalized spacial score (nSPS) is 16.3. The fourth-order valence-electron chi connectivity index (χ4n) is 2.79. The van der Waals surface area contributed by atoms with Gasteiger partial charge in [-0.15, -0.1) is 0 Å². The number of hydrogen-bond acceptors (Lipinski definition) is 4. The molecule has 5 heteroatoms. The summed E-state index contributed by atoms with van der Waals surface area (Å²) in [6.07, 6.45) is 1.99. The van der Waals surface area contributed by atoms with Crippen LogP contribution in [0, 0.1) is 0 Å². The van der Waals surface area contributed by atoms with E-state index >= 15 is 0 Å².